The first-order valence-electron chi connectivity index (χ1n) is 7.37. The lowest BCUT2D eigenvalue weighted by Gasteiger charge is -2.14. The third kappa shape index (κ3) is 5.17. The topological polar surface area (TPSA) is 54.3 Å². The highest BCUT2D eigenvalue weighted by Gasteiger charge is 2.11. The molecule has 1 unspecified atom stereocenters. The molecule has 2 rings (SSSR count). The molecule has 1 heterocycles. The van der Waals surface area contributed by atoms with Crippen molar-refractivity contribution in [1.29, 1.82) is 0 Å². The standard InChI is InChI=1S/C17H21N3O2S/c1-13(20-9-4-5-10-20)11-16(21)18-14-7-6-8-15(12-14)23-17(22)19(2)3/h4-10,12-13H,11H2,1-3H3,(H,18,21). The van der Waals surface area contributed by atoms with Crippen molar-refractivity contribution in [3.8, 4) is 0 Å². The lowest BCUT2D eigenvalue weighted by molar-refractivity contribution is -0.116. The predicted molar refractivity (Wildman–Crippen MR) is 93.8 cm³/mol. The number of hydrogen-bond donors (Lipinski definition) is 1. The smallest absolute Gasteiger partial charge is 0.285 e. The molecule has 2 amide bonds. The fraction of sp³-hybridized carbons (Fsp3) is 0.294. The van der Waals surface area contributed by atoms with E-state index >= 15 is 0 Å². The normalized spacial score (nSPS) is 11.8. The van der Waals surface area contributed by atoms with E-state index in [1.807, 2.05) is 60.3 Å². The highest BCUT2D eigenvalue weighted by Crippen LogP contribution is 2.24. The summed E-state index contributed by atoms with van der Waals surface area (Å²) in [6, 6.07) is 11.3. The van der Waals surface area contributed by atoms with E-state index in [9.17, 15) is 9.59 Å². The van der Waals surface area contributed by atoms with Crippen molar-refractivity contribution in [3.63, 3.8) is 0 Å². The monoisotopic (exact) mass is 331 g/mol. The molecule has 6 heteroatoms. The number of aromatic nitrogens is 1. The molecule has 0 fully saturated rings. The van der Waals surface area contributed by atoms with Gasteiger partial charge < -0.3 is 14.8 Å². The second kappa shape index (κ2) is 7.87. The molecule has 1 N–H and O–H groups in total. The van der Waals surface area contributed by atoms with Gasteiger partial charge in [0, 0.05) is 49.5 Å². The number of rotatable bonds is 5. The third-order valence-corrected chi connectivity index (χ3v) is 4.33. The van der Waals surface area contributed by atoms with Crippen LogP contribution in [0.15, 0.2) is 53.7 Å². The Bertz CT molecular complexity index is 668. The second-order valence-corrected chi connectivity index (χ2v) is 6.55. The largest absolute Gasteiger partial charge is 0.351 e. The van der Waals surface area contributed by atoms with Crippen LogP contribution >= 0.6 is 11.8 Å². The van der Waals surface area contributed by atoms with E-state index in [1.54, 1.807) is 14.1 Å². The zero-order valence-corrected chi connectivity index (χ0v) is 14.3. The maximum atomic E-state index is 12.2. The molecule has 1 aromatic carbocycles. The molecule has 0 aliphatic heterocycles. The van der Waals surface area contributed by atoms with Gasteiger partial charge in [0.05, 0.1) is 0 Å². The van der Waals surface area contributed by atoms with E-state index in [0.29, 0.717) is 12.1 Å². The molecule has 5 nitrogen and oxygen atoms in total. The van der Waals surface area contributed by atoms with Crippen LogP contribution in [0, 0.1) is 0 Å². The SMILES string of the molecule is CC(CC(=O)Nc1cccc(SC(=O)N(C)C)c1)n1cccc1. The molecule has 0 spiro atoms. The van der Waals surface area contributed by atoms with Gasteiger partial charge in [0.1, 0.15) is 0 Å². The third-order valence-electron chi connectivity index (χ3n) is 3.31. The van der Waals surface area contributed by atoms with Gasteiger partial charge >= 0.3 is 0 Å². The number of amides is 2. The zero-order chi connectivity index (χ0) is 16.8. The van der Waals surface area contributed by atoms with Crippen LogP contribution in [0.4, 0.5) is 10.5 Å². The number of carbonyl (C=O) groups is 2. The number of anilines is 1. The van der Waals surface area contributed by atoms with Crippen molar-refractivity contribution in [2.75, 3.05) is 19.4 Å². The van der Waals surface area contributed by atoms with E-state index < -0.39 is 0 Å². The van der Waals surface area contributed by atoms with Crippen molar-refractivity contribution in [3.05, 3.63) is 48.8 Å². The van der Waals surface area contributed by atoms with Gasteiger partial charge in [-0.15, -0.1) is 0 Å². The predicted octanol–water partition coefficient (Wildman–Crippen LogP) is 3.85. The Morgan fingerprint density at radius 3 is 2.57 bits per heavy atom. The first kappa shape index (κ1) is 17.1. The van der Waals surface area contributed by atoms with Gasteiger partial charge in [-0.25, -0.2) is 0 Å². The molecule has 0 saturated carbocycles. The van der Waals surface area contributed by atoms with E-state index in [0.717, 1.165) is 16.7 Å². The fourth-order valence-electron chi connectivity index (χ4n) is 2.06. The maximum absolute atomic E-state index is 12.2. The van der Waals surface area contributed by atoms with Crippen LogP contribution in [0.3, 0.4) is 0 Å². The Hall–Kier alpha value is -2.21. The minimum atomic E-state index is -0.0488. The highest BCUT2D eigenvalue weighted by atomic mass is 32.2. The Morgan fingerprint density at radius 1 is 1.22 bits per heavy atom. The molecular weight excluding hydrogens is 310 g/mol. The van der Waals surface area contributed by atoms with Gasteiger partial charge in [0.15, 0.2) is 0 Å². The molecule has 0 saturated heterocycles. The molecular formula is C17H21N3O2S. The van der Waals surface area contributed by atoms with Gasteiger partial charge in [-0.3, -0.25) is 9.59 Å². The molecule has 1 atom stereocenters. The molecule has 0 aliphatic carbocycles. The van der Waals surface area contributed by atoms with E-state index in [-0.39, 0.29) is 17.2 Å². The first-order valence-corrected chi connectivity index (χ1v) is 8.19. The molecule has 0 bridgehead atoms. The lowest BCUT2D eigenvalue weighted by Crippen LogP contribution is -2.17. The highest BCUT2D eigenvalue weighted by molar-refractivity contribution is 8.13. The lowest BCUT2D eigenvalue weighted by atomic mass is 10.2. The van der Waals surface area contributed by atoms with E-state index in [1.165, 1.54) is 4.90 Å². The number of nitrogens with one attached hydrogen (secondary N) is 1. The van der Waals surface area contributed by atoms with E-state index in [4.69, 9.17) is 0 Å². The Morgan fingerprint density at radius 2 is 1.91 bits per heavy atom. The van der Waals surface area contributed by atoms with Gasteiger partial charge in [-0.1, -0.05) is 6.07 Å². The molecule has 2 aromatic rings. The Balaban J connectivity index is 1.94. The van der Waals surface area contributed by atoms with Crippen molar-refractivity contribution in [2.45, 2.75) is 24.3 Å². The number of carbonyl (C=O) groups excluding carboxylic acids is 2. The molecule has 0 radical (unpaired) electrons. The molecule has 1 aromatic heterocycles. The van der Waals surface area contributed by atoms with Crippen molar-refractivity contribution in [1.82, 2.24) is 9.47 Å². The van der Waals surface area contributed by atoms with Crippen LogP contribution in [0.5, 0.6) is 0 Å². The number of nitrogens with zero attached hydrogens (tertiary/aromatic N) is 2. The van der Waals surface area contributed by atoms with E-state index in [2.05, 4.69) is 5.32 Å². The quantitative estimate of drug-likeness (QED) is 0.847. The zero-order valence-electron chi connectivity index (χ0n) is 13.5. The van der Waals surface area contributed by atoms with Crippen LogP contribution in [0.2, 0.25) is 0 Å². The molecule has 23 heavy (non-hydrogen) atoms. The minimum absolute atomic E-state index is 0.0466. The summed E-state index contributed by atoms with van der Waals surface area (Å²) in [4.78, 5) is 26.2. The van der Waals surface area contributed by atoms with Crippen molar-refractivity contribution in [2.24, 2.45) is 0 Å². The average molecular weight is 331 g/mol. The summed E-state index contributed by atoms with van der Waals surface area (Å²) in [7, 11) is 3.42. The minimum Gasteiger partial charge on any atom is -0.351 e. The average Bonchev–Trinajstić information content (AvgIpc) is 3.01. The fourth-order valence-corrected chi connectivity index (χ4v) is 2.77. The van der Waals surface area contributed by atoms with Crippen LogP contribution in [0.25, 0.3) is 0 Å². The number of thioether (sulfide) groups is 1. The maximum Gasteiger partial charge on any atom is 0.285 e. The van der Waals surface area contributed by atoms with Crippen LogP contribution in [0.1, 0.15) is 19.4 Å². The summed E-state index contributed by atoms with van der Waals surface area (Å²) in [6.45, 7) is 2.00. The summed E-state index contributed by atoms with van der Waals surface area (Å²) in [5.41, 5.74) is 0.700. The van der Waals surface area contributed by atoms with Crippen LogP contribution < -0.4 is 5.32 Å². The van der Waals surface area contributed by atoms with Gasteiger partial charge in [0.2, 0.25) is 5.91 Å². The Kier molecular flexibility index (Phi) is 5.87. The summed E-state index contributed by atoms with van der Waals surface area (Å²) < 4.78 is 2.00. The van der Waals surface area contributed by atoms with Gasteiger partial charge in [-0.2, -0.15) is 0 Å². The van der Waals surface area contributed by atoms with Crippen molar-refractivity contribution >= 4 is 28.6 Å². The van der Waals surface area contributed by atoms with Crippen LogP contribution in [-0.4, -0.2) is 34.7 Å². The van der Waals surface area contributed by atoms with Gasteiger partial charge in [0.25, 0.3) is 5.24 Å². The first-order chi connectivity index (χ1) is 11.0. The number of benzene rings is 1. The van der Waals surface area contributed by atoms with Crippen molar-refractivity contribution < 1.29 is 9.59 Å². The number of hydrogen-bond acceptors (Lipinski definition) is 3. The summed E-state index contributed by atoms with van der Waals surface area (Å²) in [5.74, 6) is -0.0488. The second-order valence-electron chi connectivity index (χ2n) is 5.52. The summed E-state index contributed by atoms with van der Waals surface area (Å²) >= 11 is 1.14. The summed E-state index contributed by atoms with van der Waals surface area (Å²) in [5, 5.41) is 2.84. The van der Waals surface area contributed by atoms with Gasteiger partial charge in [-0.05, 0) is 49.0 Å². The molecule has 122 valence electrons. The Labute approximate surface area is 140 Å². The molecule has 0 aliphatic rings. The van der Waals surface area contributed by atoms with Crippen LogP contribution in [-0.2, 0) is 4.79 Å². The summed E-state index contributed by atoms with van der Waals surface area (Å²) in [6.07, 6.45) is 4.28.